The number of hydrogen-bond acceptors (Lipinski definition) is 3. The van der Waals surface area contributed by atoms with E-state index in [1.165, 1.54) is 0 Å². The summed E-state index contributed by atoms with van der Waals surface area (Å²) < 4.78 is 16.8. The van der Waals surface area contributed by atoms with Crippen molar-refractivity contribution in [3.05, 3.63) is 0 Å². The maximum Gasteiger partial charge on any atom is 0.476 e. The third-order valence-corrected chi connectivity index (χ3v) is 3.23. The molecule has 1 aliphatic rings. The van der Waals surface area contributed by atoms with E-state index in [0.717, 1.165) is 0 Å². The Balaban J connectivity index is 2.81. The van der Waals surface area contributed by atoms with Gasteiger partial charge in [0, 0.05) is 0 Å². The van der Waals surface area contributed by atoms with E-state index in [-0.39, 0.29) is 0 Å². The van der Waals surface area contributed by atoms with E-state index in [1.807, 2.05) is 0 Å². The Kier molecular flexibility index (Phi) is 2.26. The van der Waals surface area contributed by atoms with Gasteiger partial charge >= 0.3 is 7.82 Å². The predicted octanol–water partition coefficient (Wildman–Crippen LogP) is 1.83. The molecule has 1 aliphatic heterocycles. The van der Waals surface area contributed by atoms with E-state index in [0.29, 0.717) is 0 Å². The molecule has 10 heavy (non-hydrogen) atoms. The Morgan fingerprint density at radius 2 is 2.10 bits per heavy atom. The molecule has 4 nitrogen and oxygen atoms in total. The number of rotatable bonds is 0. The number of phosphoric ester groups is 1. The second-order valence-electron chi connectivity index (χ2n) is 1.54. The fourth-order valence-corrected chi connectivity index (χ4v) is 2.37. The molecule has 60 valence electrons. The largest absolute Gasteiger partial charge is 0.476 e. The van der Waals surface area contributed by atoms with Gasteiger partial charge < -0.3 is 4.89 Å². The van der Waals surface area contributed by atoms with Crippen molar-refractivity contribution in [2.75, 3.05) is 0 Å². The molecule has 0 aromatic rings. The van der Waals surface area contributed by atoms with Crippen LogP contribution in [0.1, 0.15) is 0 Å². The summed E-state index contributed by atoms with van der Waals surface area (Å²) in [5.74, 6) is 0. The second kappa shape index (κ2) is 2.49. The first kappa shape index (κ1) is 9.07. The summed E-state index contributed by atoms with van der Waals surface area (Å²) in [5.41, 5.74) is -1.33. The van der Waals surface area contributed by atoms with Crippen LogP contribution in [-0.2, 0) is 13.6 Å². The van der Waals surface area contributed by atoms with Crippen LogP contribution in [-0.4, -0.2) is 15.0 Å². The van der Waals surface area contributed by atoms with Crippen molar-refractivity contribution >= 4 is 42.6 Å². The van der Waals surface area contributed by atoms with Crippen molar-refractivity contribution in [3.8, 4) is 0 Å². The molecule has 0 spiro atoms. The van der Waals surface area contributed by atoms with Gasteiger partial charge in [-0.05, 0) is 0 Å². The van der Waals surface area contributed by atoms with E-state index in [1.54, 1.807) is 0 Å². The lowest BCUT2D eigenvalue weighted by molar-refractivity contribution is 0.240. The summed E-state index contributed by atoms with van der Waals surface area (Å²) in [6.45, 7) is 0. The lowest BCUT2D eigenvalue weighted by Gasteiger charge is -2.09. The summed E-state index contributed by atoms with van der Waals surface area (Å²) in [5, 5.41) is 0. The topological polar surface area (TPSA) is 55.8 Å². The molecule has 0 aromatic carbocycles. The van der Waals surface area contributed by atoms with Gasteiger partial charge in [-0.15, -0.1) is 0 Å². The van der Waals surface area contributed by atoms with E-state index < -0.39 is 17.9 Å². The van der Waals surface area contributed by atoms with Crippen molar-refractivity contribution in [2.24, 2.45) is 0 Å². The Bertz CT molecular complexity index is 193. The normalized spacial score (nSPS) is 45.8. The van der Waals surface area contributed by atoms with Crippen molar-refractivity contribution in [2.45, 2.75) is 10.1 Å². The van der Waals surface area contributed by atoms with Gasteiger partial charge in [-0.3, -0.25) is 4.52 Å². The monoisotopic (exact) mass is 226 g/mol. The molecule has 0 radical (unpaired) electrons. The third kappa shape index (κ3) is 1.77. The molecule has 2 atom stereocenters. The smallest absolute Gasteiger partial charge is 0.302 e. The minimum absolute atomic E-state index is 1.33. The van der Waals surface area contributed by atoms with Crippen molar-refractivity contribution in [1.82, 2.24) is 0 Å². The highest BCUT2D eigenvalue weighted by atomic mass is 35.5. The van der Waals surface area contributed by atoms with E-state index in [9.17, 15) is 4.57 Å². The number of halogens is 3. The minimum Gasteiger partial charge on any atom is -0.302 e. The molecular weight excluding hydrogens is 225 g/mol. The minimum atomic E-state index is -4.12. The zero-order valence-corrected chi connectivity index (χ0v) is 7.49. The first-order valence-corrected chi connectivity index (χ1v) is 4.76. The van der Waals surface area contributed by atoms with Gasteiger partial charge in [0.2, 0.25) is 5.56 Å². The lowest BCUT2D eigenvalue weighted by Crippen LogP contribution is -2.21. The van der Waals surface area contributed by atoms with Gasteiger partial charge in [-0.2, -0.15) is 0 Å². The molecule has 1 N–H and O–H groups in total. The van der Waals surface area contributed by atoms with Gasteiger partial charge in [-0.1, -0.05) is 34.8 Å². The van der Waals surface area contributed by atoms with Crippen LogP contribution in [0.25, 0.3) is 0 Å². The van der Waals surface area contributed by atoms with Crippen LogP contribution >= 0.6 is 42.6 Å². The number of phosphoric acid groups is 1. The summed E-state index contributed by atoms with van der Waals surface area (Å²) in [4.78, 5) is 8.56. The molecule has 0 aliphatic carbocycles. The van der Waals surface area contributed by atoms with Gasteiger partial charge in [0.15, 0.2) is 0 Å². The van der Waals surface area contributed by atoms with Gasteiger partial charge in [0.05, 0.1) is 0 Å². The molecular formula is C2H2Cl3O4P. The van der Waals surface area contributed by atoms with Gasteiger partial charge in [0.1, 0.15) is 0 Å². The number of alkyl halides is 3. The molecule has 0 saturated carbocycles. The average molecular weight is 227 g/mol. The highest BCUT2D eigenvalue weighted by molar-refractivity contribution is 7.48. The Morgan fingerprint density at radius 3 is 2.20 bits per heavy atom. The van der Waals surface area contributed by atoms with Crippen LogP contribution < -0.4 is 0 Å². The average Bonchev–Trinajstić information content (AvgIpc) is 1.73. The Labute approximate surface area is 71.6 Å². The highest BCUT2D eigenvalue weighted by Gasteiger charge is 2.53. The summed E-state index contributed by atoms with van der Waals surface area (Å²) in [6.07, 6.45) is 0. The van der Waals surface area contributed by atoms with Crippen LogP contribution in [0.15, 0.2) is 0 Å². The molecule has 0 amide bonds. The second-order valence-corrected chi connectivity index (χ2v) is 4.59. The van der Waals surface area contributed by atoms with E-state index >= 15 is 0 Å². The van der Waals surface area contributed by atoms with Gasteiger partial charge in [-0.25, -0.2) is 9.09 Å². The van der Waals surface area contributed by atoms with Crippen LogP contribution in [0.2, 0.25) is 0 Å². The molecule has 8 heteroatoms. The van der Waals surface area contributed by atoms with Crippen molar-refractivity contribution in [1.29, 1.82) is 0 Å². The maximum atomic E-state index is 10.5. The summed E-state index contributed by atoms with van der Waals surface area (Å²) in [7, 11) is -4.12. The predicted molar refractivity (Wildman–Crippen MR) is 36.1 cm³/mol. The molecule has 0 aromatic heterocycles. The fourth-order valence-electron chi connectivity index (χ4n) is 0.395. The molecule has 1 rings (SSSR count). The van der Waals surface area contributed by atoms with Gasteiger partial charge in [0.25, 0.3) is 4.52 Å². The quantitative estimate of drug-likeness (QED) is 0.507. The SMILES string of the molecule is O=P1(O)OC(Cl)C(Cl)(Cl)O1. The molecule has 1 fully saturated rings. The van der Waals surface area contributed by atoms with Crippen LogP contribution in [0.4, 0.5) is 0 Å². The highest BCUT2D eigenvalue weighted by Crippen LogP contribution is 2.60. The van der Waals surface area contributed by atoms with Crippen LogP contribution in [0, 0.1) is 0 Å². The standard InChI is InChI=1S/C2H2Cl3O4P/c3-1-2(4,5)9-10(6,7)8-1/h1H,(H,6,7). The molecule has 1 saturated heterocycles. The Morgan fingerprint density at radius 1 is 1.60 bits per heavy atom. The van der Waals surface area contributed by atoms with Crippen LogP contribution in [0.5, 0.6) is 0 Å². The lowest BCUT2D eigenvalue weighted by atomic mass is 10.8. The maximum absolute atomic E-state index is 10.5. The zero-order chi connectivity index (χ0) is 7.99. The molecule has 1 heterocycles. The van der Waals surface area contributed by atoms with Crippen molar-refractivity contribution in [3.63, 3.8) is 0 Å². The Hall–Kier alpha value is 0.980. The zero-order valence-electron chi connectivity index (χ0n) is 4.33. The first-order valence-electron chi connectivity index (χ1n) is 2.07. The van der Waals surface area contributed by atoms with E-state index in [2.05, 4.69) is 9.05 Å². The summed E-state index contributed by atoms with van der Waals surface area (Å²) >= 11 is 15.8. The van der Waals surface area contributed by atoms with Crippen LogP contribution in [0.3, 0.4) is 0 Å². The fraction of sp³-hybridized carbons (Fsp3) is 1.00. The first-order chi connectivity index (χ1) is 4.33. The number of hydrogen-bond donors (Lipinski definition) is 1. The van der Waals surface area contributed by atoms with Crippen molar-refractivity contribution < 1.29 is 18.5 Å². The third-order valence-electron chi connectivity index (χ3n) is 0.727. The van der Waals surface area contributed by atoms with E-state index in [4.69, 9.17) is 39.7 Å². The summed E-state index contributed by atoms with van der Waals surface area (Å²) in [6, 6.07) is 0. The molecule has 0 bridgehead atoms. The molecule has 2 unspecified atom stereocenters.